The number of nitrogens with zero attached hydrogens (tertiary/aromatic N) is 1. The third-order valence-corrected chi connectivity index (χ3v) is 4.87. The summed E-state index contributed by atoms with van der Waals surface area (Å²) in [6.07, 6.45) is 0.641. The molecule has 1 unspecified atom stereocenters. The molecule has 0 spiro atoms. The number of hydrogen-bond acceptors (Lipinski definition) is 4. The molecule has 0 amide bonds. The van der Waals surface area contributed by atoms with Crippen LogP contribution in [-0.4, -0.2) is 38.8 Å². The lowest BCUT2D eigenvalue weighted by molar-refractivity contribution is 0.0839. The zero-order valence-electron chi connectivity index (χ0n) is 11.3. The summed E-state index contributed by atoms with van der Waals surface area (Å²) in [5.74, 6) is 0. The predicted octanol–water partition coefficient (Wildman–Crippen LogP) is 0.946. The summed E-state index contributed by atoms with van der Waals surface area (Å²) < 4.78 is 26.8. The molecule has 1 saturated heterocycles. The van der Waals surface area contributed by atoms with E-state index in [0.29, 0.717) is 31.7 Å². The van der Waals surface area contributed by atoms with E-state index in [0.717, 1.165) is 0 Å². The number of β-amino-alcohol motifs (C(OH)–C–C–N with tert-alkyl or cyclic N) is 1. The SMILES string of the molecule is CCNS(=O)(=O)c1ccccc1N1CCC(C)(O)C1. The Morgan fingerprint density at radius 3 is 2.68 bits per heavy atom. The highest BCUT2D eigenvalue weighted by atomic mass is 32.2. The lowest BCUT2D eigenvalue weighted by atomic mass is 10.1. The van der Waals surface area contributed by atoms with Crippen molar-refractivity contribution in [3.8, 4) is 0 Å². The van der Waals surface area contributed by atoms with Crippen molar-refractivity contribution in [2.45, 2.75) is 30.8 Å². The van der Waals surface area contributed by atoms with Gasteiger partial charge in [-0.1, -0.05) is 19.1 Å². The van der Waals surface area contributed by atoms with E-state index < -0.39 is 15.6 Å². The molecule has 1 aliphatic heterocycles. The minimum absolute atomic E-state index is 0.273. The van der Waals surface area contributed by atoms with Gasteiger partial charge >= 0.3 is 0 Å². The van der Waals surface area contributed by atoms with E-state index in [1.54, 1.807) is 32.0 Å². The molecule has 2 rings (SSSR count). The van der Waals surface area contributed by atoms with Crippen LogP contribution in [0.15, 0.2) is 29.2 Å². The Balaban J connectivity index is 2.38. The molecule has 1 aromatic rings. The summed E-state index contributed by atoms with van der Waals surface area (Å²) >= 11 is 0. The van der Waals surface area contributed by atoms with Crippen LogP contribution in [0.5, 0.6) is 0 Å². The minimum atomic E-state index is -3.49. The number of nitrogens with one attached hydrogen (secondary N) is 1. The number of para-hydroxylation sites is 1. The van der Waals surface area contributed by atoms with Crippen LogP contribution in [0.2, 0.25) is 0 Å². The largest absolute Gasteiger partial charge is 0.388 e. The fourth-order valence-electron chi connectivity index (χ4n) is 2.36. The van der Waals surface area contributed by atoms with Crippen LogP contribution in [-0.2, 0) is 10.0 Å². The Morgan fingerprint density at radius 1 is 1.42 bits per heavy atom. The van der Waals surface area contributed by atoms with Crippen LogP contribution >= 0.6 is 0 Å². The molecule has 1 heterocycles. The van der Waals surface area contributed by atoms with E-state index >= 15 is 0 Å². The summed E-state index contributed by atoms with van der Waals surface area (Å²) in [7, 11) is -3.49. The molecule has 106 valence electrons. The molecule has 0 saturated carbocycles. The molecule has 0 aliphatic carbocycles. The maximum atomic E-state index is 12.2. The van der Waals surface area contributed by atoms with Crippen molar-refractivity contribution in [3.63, 3.8) is 0 Å². The van der Waals surface area contributed by atoms with Gasteiger partial charge in [-0.25, -0.2) is 13.1 Å². The molecule has 1 aliphatic rings. The van der Waals surface area contributed by atoms with Gasteiger partial charge in [-0.2, -0.15) is 0 Å². The first-order chi connectivity index (χ1) is 8.86. The third-order valence-electron chi connectivity index (χ3n) is 3.28. The predicted molar refractivity (Wildman–Crippen MR) is 74.8 cm³/mol. The van der Waals surface area contributed by atoms with Gasteiger partial charge < -0.3 is 10.0 Å². The van der Waals surface area contributed by atoms with Crippen molar-refractivity contribution < 1.29 is 13.5 Å². The topological polar surface area (TPSA) is 69.6 Å². The van der Waals surface area contributed by atoms with Gasteiger partial charge in [0.1, 0.15) is 4.90 Å². The van der Waals surface area contributed by atoms with E-state index in [-0.39, 0.29) is 4.90 Å². The van der Waals surface area contributed by atoms with Gasteiger partial charge in [-0.3, -0.25) is 0 Å². The standard InChI is InChI=1S/C13H20N2O3S/c1-3-14-19(17,18)12-7-5-4-6-11(12)15-9-8-13(2,16)10-15/h4-7,14,16H,3,8-10H2,1-2H3. The Bertz CT molecular complexity index is 555. The first-order valence-corrected chi connectivity index (χ1v) is 7.90. The average molecular weight is 284 g/mol. The van der Waals surface area contributed by atoms with Crippen molar-refractivity contribution in [2.75, 3.05) is 24.5 Å². The monoisotopic (exact) mass is 284 g/mol. The van der Waals surface area contributed by atoms with Gasteiger partial charge in [0.15, 0.2) is 0 Å². The Labute approximate surface area is 114 Å². The molecule has 1 atom stereocenters. The first-order valence-electron chi connectivity index (χ1n) is 6.42. The fraction of sp³-hybridized carbons (Fsp3) is 0.538. The molecule has 1 fully saturated rings. The Kier molecular flexibility index (Phi) is 3.85. The molecule has 2 N–H and O–H groups in total. The molecule has 0 aromatic heterocycles. The quantitative estimate of drug-likeness (QED) is 0.863. The maximum Gasteiger partial charge on any atom is 0.242 e. The van der Waals surface area contributed by atoms with Crippen molar-refractivity contribution in [2.24, 2.45) is 0 Å². The summed E-state index contributed by atoms with van der Waals surface area (Å²) in [6, 6.07) is 6.90. The van der Waals surface area contributed by atoms with Crippen LogP contribution in [0.3, 0.4) is 0 Å². The molecule has 1 aromatic carbocycles. The second-order valence-electron chi connectivity index (χ2n) is 5.14. The number of benzene rings is 1. The molecular formula is C13H20N2O3S. The lowest BCUT2D eigenvalue weighted by Gasteiger charge is -2.23. The molecule has 5 nitrogen and oxygen atoms in total. The van der Waals surface area contributed by atoms with Gasteiger partial charge in [-0.15, -0.1) is 0 Å². The Hall–Kier alpha value is -1.11. The van der Waals surface area contributed by atoms with Gasteiger partial charge in [0.25, 0.3) is 0 Å². The summed E-state index contributed by atoms with van der Waals surface area (Å²) in [5.41, 5.74) is -0.101. The number of anilines is 1. The second kappa shape index (κ2) is 5.11. The van der Waals surface area contributed by atoms with Crippen molar-refractivity contribution in [1.29, 1.82) is 0 Å². The fourth-order valence-corrected chi connectivity index (χ4v) is 3.63. The van der Waals surface area contributed by atoms with Crippen molar-refractivity contribution >= 4 is 15.7 Å². The molecule has 0 radical (unpaired) electrons. The summed E-state index contributed by atoms with van der Waals surface area (Å²) in [6.45, 7) is 4.99. The molecule has 6 heteroatoms. The zero-order chi connectivity index (χ0) is 14.1. The van der Waals surface area contributed by atoms with E-state index in [4.69, 9.17) is 0 Å². The molecular weight excluding hydrogens is 264 g/mol. The summed E-state index contributed by atoms with van der Waals surface area (Å²) in [4.78, 5) is 2.19. The zero-order valence-corrected chi connectivity index (χ0v) is 12.1. The number of hydrogen-bond donors (Lipinski definition) is 2. The number of aliphatic hydroxyl groups is 1. The van der Waals surface area contributed by atoms with Gasteiger partial charge in [-0.05, 0) is 25.5 Å². The van der Waals surface area contributed by atoms with Crippen LogP contribution in [0, 0.1) is 0 Å². The van der Waals surface area contributed by atoms with Gasteiger partial charge in [0, 0.05) is 19.6 Å². The number of rotatable bonds is 4. The third kappa shape index (κ3) is 3.08. The minimum Gasteiger partial charge on any atom is -0.388 e. The van der Waals surface area contributed by atoms with Crippen molar-refractivity contribution in [3.05, 3.63) is 24.3 Å². The average Bonchev–Trinajstić information content (AvgIpc) is 2.70. The first kappa shape index (κ1) is 14.3. The number of sulfonamides is 1. The van der Waals surface area contributed by atoms with E-state index in [2.05, 4.69) is 4.72 Å². The van der Waals surface area contributed by atoms with Gasteiger partial charge in [0.2, 0.25) is 10.0 Å². The van der Waals surface area contributed by atoms with E-state index in [1.165, 1.54) is 0 Å². The molecule has 0 bridgehead atoms. The molecule has 19 heavy (non-hydrogen) atoms. The van der Waals surface area contributed by atoms with E-state index in [1.807, 2.05) is 11.0 Å². The smallest absolute Gasteiger partial charge is 0.242 e. The van der Waals surface area contributed by atoms with Crippen LogP contribution in [0.1, 0.15) is 20.3 Å². The van der Waals surface area contributed by atoms with Crippen molar-refractivity contribution in [1.82, 2.24) is 4.72 Å². The Morgan fingerprint density at radius 2 is 2.11 bits per heavy atom. The summed E-state index contributed by atoms with van der Waals surface area (Å²) in [5, 5.41) is 10.0. The van der Waals surface area contributed by atoms with Crippen LogP contribution in [0.4, 0.5) is 5.69 Å². The lowest BCUT2D eigenvalue weighted by Crippen LogP contribution is -2.31. The highest BCUT2D eigenvalue weighted by molar-refractivity contribution is 7.89. The normalized spacial score (nSPS) is 23.8. The van der Waals surface area contributed by atoms with Crippen LogP contribution < -0.4 is 9.62 Å². The van der Waals surface area contributed by atoms with Gasteiger partial charge in [0.05, 0.1) is 11.3 Å². The maximum absolute atomic E-state index is 12.2. The van der Waals surface area contributed by atoms with E-state index in [9.17, 15) is 13.5 Å². The van der Waals surface area contributed by atoms with Crippen LogP contribution in [0.25, 0.3) is 0 Å². The highest BCUT2D eigenvalue weighted by Crippen LogP contribution is 2.31. The highest BCUT2D eigenvalue weighted by Gasteiger charge is 2.33. The second-order valence-corrected chi connectivity index (χ2v) is 6.87.